The molecule has 2 aliphatic rings. The molecule has 0 saturated carbocycles. The van der Waals surface area contributed by atoms with Crippen LogP contribution in [0.1, 0.15) is 5.82 Å². The second-order valence-electron chi connectivity index (χ2n) is 6.36. The monoisotopic (exact) mass is 348 g/mol. The fourth-order valence-corrected chi connectivity index (χ4v) is 3.36. The maximum Gasteiger partial charge on any atom is 0.197 e. The number of hydrogen-bond acceptors (Lipinski definition) is 5. The molecule has 0 unspecified atom stereocenters. The van der Waals surface area contributed by atoms with Crippen LogP contribution in [0.4, 0.5) is 5.69 Å². The van der Waals surface area contributed by atoms with Gasteiger partial charge < -0.3 is 4.98 Å². The van der Waals surface area contributed by atoms with Gasteiger partial charge in [0.25, 0.3) is 0 Å². The Hall–Kier alpha value is -3.93. The summed E-state index contributed by atoms with van der Waals surface area (Å²) in [6.45, 7) is 0. The second-order valence-corrected chi connectivity index (χ2v) is 6.36. The number of imidazole rings is 1. The Morgan fingerprint density at radius 2 is 1.44 bits per heavy atom. The van der Waals surface area contributed by atoms with E-state index in [4.69, 9.17) is 4.99 Å². The van der Waals surface area contributed by atoms with Crippen LogP contribution in [0.3, 0.4) is 0 Å². The molecule has 0 amide bonds. The van der Waals surface area contributed by atoms with Gasteiger partial charge in [0, 0.05) is 5.22 Å². The predicted octanol–water partition coefficient (Wildman–Crippen LogP) is 1.29. The number of aromatic nitrogens is 2. The van der Waals surface area contributed by atoms with Crippen LogP contribution in [0.2, 0.25) is 0 Å². The summed E-state index contributed by atoms with van der Waals surface area (Å²) < 4.78 is 0. The first-order valence-electron chi connectivity index (χ1n) is 8.63. The molecule has 0 spiro atoms. The van der Waals surface area contributed by atoms with E-state index >= 15 is 0 Å². The Kier molecular flexibility index (Phi) is 2.79. The molecule has 0 bridgehead atoms. The summed E-state index contributed by atoms with van der Waals surface area (Å²) in [7, 11) is 0. The van der Waals surface area contributed by atoms with E-state index in [0.29, 0.717) is 17.5 Å². The minimum absolute atomic E-state index is 0.574. The zero-order chi connectivity index (χ0) is 17.8. The Balaban J connectivity index is 1.57. The number of benzene rings is 3. The van der Waals surface area contributed by atoms with Crippen molar-refractivity contribution < 1.29 is 0 Å². The Labute approximate surface area is 152 Å². The molecule has 0 aliphatic carbocycles. The van der Waals surface area contributed by atoms with Crippen molar-refractivity contribution in [1.29, 1.82) is 0 Å². The molecule has 6 rings (SSSR count). The van der Waals surface area contributed by atoms with Gasteiger partial charge in [0.2, 0.25) is 0 Å². The van der Waals surface area contributed by atoms with Gasteiger partial charge in [-0.1, -0.05) is 30.3 Å². The van der Waals surface area contributed by atoms with Crippen molar-refractivity contribution in [3.05, 3.63) is 93.8 Å². The molecule has 126 valence electrons. The predicted molar refractivity (Wildman–Crippen MR) is 102 cm³/mol. The minimum atomic E-state index is 0.574. The van der Waals surface area contributed by atoms with Gasteiger partial charge in [0.15, 0.2) is 17.5 Å². The average molecular weight is 348 g/mol. The first kappa shape index (κ1) is 14.3. The summed E-state index contributed by atoms with van der Waals surface area (Å²) in [5.41, 5.74) is 2.66. The van der Waals surface area contributed by atoms with Crippen LogP contribution in [-0.4, -0.2) is 15.8 Å². The van der Waals surface area contributed by atoms with E-state index in [0.717, 1.165) is 38.0 Å². The van der Waals surface area contributed by atoms with E-state index < -0.39 is 0 Å². The molecule has 0 saturated heterocycles. The van der Waals surface area contributed by atoms with E-state index in [1.54, 1.807) is 0 Å². The van der Waals surface area contributed by atoms with Crippen molar-refractivity contribution >= 4 is 28.4 Å². The summed E-state index contributed by atoms with van der Waals surface area (Å²) in [5.74, 6) is 1.90. The highest BCUT2D eigenvalue weighted by Crippen LogP contribution is 2.16. The Morgan fingerprint density at radius 1 is 0.667 bits per heavy atom. The van der Waals surface area contributed by atoms with Crippen molar-refractivity contribution in [2.45, 2.75) is 0 Å². The third-order valence-corrected chi connectivity index (χ3v) is 4.64. The fourth-order valence-electron chi connectivity index (χ4n) is 3.36. The molecule has 0 atom stereocenters. The van der Waals surface area contributed by atoms with Crippen LogP contribution in [0.25, 0.3) is 16.9 Å². The van der Waals surface area contributed by atoms with Crippen molar-refractivity contribution in [3.63, 3.8) is 0 Å². The number of para-hydroxylation sites is 5. The summed E-state index contributed by atoms with van der Waals surface area (Å²) >= 11 is 0. The van der Waals surface area contributed by atoms with Crippen molar-refractivity contribution in [1.82, 2.24) is 9.97 Å². The van der Waals surface area contributed by atoms with E-state index in [2.05, 4.69) is 24.9 Å². The molecule has 3 heterocycles. The lowest BCUT2D eigenvalue weighted by Gasteiger charge is -1.92. The lowest BCUT2D eigenvalue weighted by Crippen LogP contribution is -2.26. The molecule has 27 heavy (non-hydrogen) atoms. The third kappa shape index (κ3) is 2.17. The molecular formula is C21H12N6. The summed E-state index contributed by atoms with van der Waals surface area (Å²) in [4.78, 5) is 26.6. The Morgan fingerprint density at radius 3 is 2.26 bits per heavy atom. The van der Waals surface area contributed by atoms with Gasteiger partial charge in [-0.25, -0.2) is 25.0 Å². The smallest absolute Gasteiger partial charge is 0.197 e. The van der Waals surface area contributed by atoms with Crippen molar-refractivity contribution in [3.8, 4) is 0 Å². The largest absolute Gasteiger partial charge is 0.335 e. The molecule has 1 aromatic heterocycles. The third-order valence-electron chi connectivity index (χ3n) is 4.64. The standard InChI is InChI=1S/C21H12N6/c1-2-8-14-13(7-1)22-19(23-14)12-6-5-11-17-18(12)27-21(26-17)20-24-15-9-3-4-10-16(15)25-20/h1-11H,(H,24,25). The molecule has 2 aliphatic heterocycles. The number of aliphatic imine (C=N–C) groups is 1. The first-order valence-corrected chi connectivity index (χ1v) is 8.63. The molecule has 0 radical (unpaired) electrons. The normalized spacial score (nSPS) is 14.2. The molecule has 1 N–H and O–H groups in total. The van der Waals surface area contributed by atoms with Crippen LogP contribution in [-0.2, 0) is 0 Å². The topological polar surface area (TPSA) is 78.1 Å². The number of nitrogens with zero attached hydrogens (tertiary/aromatic N) is 5. The van der Waals surface area contributed by atoms with E-state index in [-0.39, 0.29) is 0 Å². The summed E-state index contributed by atoms with van der Waals surface area (Å²) in [6.07, 6.45) is 0. The van der Waals surface area contributed by atoms with Crippen LogP contribution in [0, 0.1) is 0 Å². The van der Waals surface area contributed by atoms with E-state index in [1.165, 1.54) is 0 Å². The van der Waals surface area contributed by atoms with Gasteiger partial charge in [-0.3, -0.25) is 0 Å². The number of nitrogens with one attached hydrogen (secondary N) is 1. The van der Waals surface area contributed by atoms with E-state index in [9.17, 15) is 0 Å². The number of H-pyrrole nitrogens is 1. The molecule has 6 nitrogen and oxygen atoms in total. The maximum absolute atomic E-state index is 4.74. The Bertz CT molecular complexity index is 1450. The zero-order valence-corrected chi connectivity index (χ0v) is 14.1. The van der Waals surface area contributed by atoms with Gasteiger partial charge in [-0.15, -0.1) is 0 Å². The van der Waals surface area contributed by atoms with Gasteiger partial charge in [-0.05, 0) is 36.4 Å². The highest BCUT2D eigenvalue weighted by molar-refractivity contribution is 6.01. The maximum atomic E-state index is 4.74. The van der Waals surface area contributed by atoms with Crippen LogP contribution >= 0.6 is 0 Å². The van der Waals surface area contributed by atoms with E-state index in [1.807, 2.05) is 66.7 Å². The number of rotatable bonds is 1. The van der Waals surface area contributed by atoms with Gasteiger partial charge in [-0.2, -0.15) is 0 Å². The van der Waals surface area contributed by atoms with Crippen LogP contribution in [0.15, 0.2) is 86.7 Å². The van der Waals surface area contributed by atoms with Gasteiger partial charge >= 0.3 is 0 Å². The minimum Gasteiger partial charge on any atom is -0.335 e. The molecule has 6 heteroatoms. The lowest BCUT2D eigenvalue weighted by molar-refractivity contribution is 1.25. The average Bonchev–Trinajstić information content (AvgIpc) is 3.41. The summed E-state index contributed by atoms with van der Waals surface area (Å²) in [6, 6.07) is 21.6. The van der Waals surface area contributed by atoms with Gasteiger partial charge in [0.1, 0.15) is 5.36 Å². The van der Waals surface area contributed by atoms with Crippen LogP contribution in [0.5, 0.6) is 0 Å². The second kappa shape index (κ2) is 5.28. The SMILES string of the molecule is c1ccc2c(c1)=NC(=c1cccc3c1=NC(c1nc4ccccc4[nH]1)=N3)N=2. The number of aromatic amines is 1. The highest BCUT2D eigenvalue weighted by Gasteiger charge is 2.16. The number of fused-ring (bicyclic) bond motifs is 3. The fraction of sp³-hybridized carbons (Fsp3) is 0. The molecule has 0 fully saturated rings. The van der Waals surface area contributed by atoms with Gasteiger partial charge in [0.05, 0.1) is 27.4 Å². The van der Waals surface area contributed by atoms with Crippen molar-refractivity contribution in [2.24, 2.45) is 20.0 Å². The quantitative estimate of drug-likeness (QED) is 0.553. The number of hydrogen-bond donors (Lipinski definition) is 1. The van der Waals surface area contributed by atoms with Crippen LogP contribution < -0.4 is 21.3 Å². The molecule has 3 aromatic carbocycles. The zero-order valence-electron chi connectivity index (χ0n) is 14.1. The number of amidine groups is 1. The molecular weight excluding hydrogens is 336 g/mol. The molecule has 4 aromatic rings. The summed E-state index contributed by atoms with van der Waals surface area (Å²) in [5, 5.41) is 3.41. The highest BCUT2D eigenvalue weighted by atomic mass is 15.1. The van der Waals surface area contributed by atoms with Crippen molar-refractivity contribution in [2.75, 3.05) is 0 Å². The first-order chi connectivity index (χ1) is 13.3. The lowest BCUT2D eigenvalue weighted by atomic mass is 10.2.